The fourth-order valence-corrected chi connectivity index (χ4v) is 2.61. The highest BCUT2D eigenvalue weighted by molar-refractivity contribution is 4.93. The van der Waals surface area contributed by atoms with Gasteiger partial charge in [0.05, 0.1) is 26.4 Å². The zero-order valence-corrected chi connectivity index (χ0v) is 15.8. The van der Waals surface area contributed by atoms with E-state index in [0.717, 1.165) is 71.4 Å². The highest BCUT2D eigenvalue weighted by Gasteiger charge is 2.28. The van der Waals surface area contributed by atoms with Crippen LogP contribution < -0.4 is 0 Å². The summed E-state index contributed by atoms with van der Waals surface area (Å²) in [5, 5.41) is 0. The molecule has 0 aliphatic carbocycles. The van der Waals surface area contributed by atoms with Crippen molar-refractivity contribution in [1.82, 2.24) is 0 Å². The smallest absolute Gasteiger partial charge is 0.0547 e. The largest absolute Gasteiger partial charge is 0.380 e. The molecule has 2 nitrogen and oxygen atoms in total. The predicted molar refractivity (Wildman–Crippen MR) is 102 cm³/mol. The van der Waals surface area contributed by atoms with Gasteiger partial charge in [-0.15, -0.1) is 6.58 Å². The third kappa shape index (κ3) is 10.5. The molecule has 0 heterocycles. The molecule has 0 saturated carbocycles. The summed E-state index contributed by atoms with van der Waals surface area (Å²) in [6, 6.07) is 0. The van der Waals surface area contributed by atoms with Crippen LogP contribution in [0.4, 0.5) is 0 Å². The molecule has 0 radical (unpaired) electrons. The predicted octanol–water partition coefficient (Wildman–Crippen LogP) is 6.09. The van der Waals surface area contributed by atoms with Crippen molar-refractivity contribution in [3.05, 3.63) is 37.0 Å². The monoisotopic (exact) mass is 322 g/mol. The van der Waals surface area contributed by atoms with E-state index >= 15 is 0 Å². The van der Waals surface area contributed by atoms with Crippen molar-refractivity contribution in [2.45, 2.75) is 65.7 Å². The normalized spacial score (nSPS) is 11.4. The van der Waals surface area contributed by atoms with Crippen molar-refractivity contribution in [3.63, 3.8) is 0 Å². The maximum Gasteiger partial charge on any atom is 0.0547 e. The van der Waals surface area contributed by atoms with Crippen molar-refractivity contribution in [2.75, 3.05) is 26.4 Å². The van der Waals surface area contributed by atoms with Crippen LogP contribution in [0.2, 0.25) is 0 Å². The van der Waals surface area contributed by atoms with Crippen molar-refractivity contribution in [3.8, 4) is 0 Å². The fourth-order valence-electron chi connectivity index (χ4n) is 2.61. The van der Waals surface area contributed by atoms with E-state index in [-0.39, 0.29) is 5.41 Å². The van der Waals surface area contributed by atoms with Gasteiger partial charge in [0, 0.05) is 5.41 Å². The summed E-state index contributed by atoms with van der Waals surface area (Å²) in [6.45, 7) is 21.5. The lowest BCUT2D eigenvalue weighted by Gasteiger charge is -2.32. The number of ether oxygens (including phenoxy) is 2. The summed E-state index contributed by atoms with van der Waals surface area (Å²) in [7, 11) is 0. The van der Waals surface area contributed by atoms with Crippen LogP contribution in [0.15, 0.2) is 37.0 Å². The lowest BCUT2D eigenvalue weighted by Crippen LogP contribution is -2.32. The Bertz CT molecular complexity index is 320. The van der Waals surface area contributed by atoms with Gasteiger partial charge >= 0.3 is 0 Å². The molecule has 0 N–H and O–H groups in total. The van der Waals surface area contributed by atoms with Crippen LogP contribution in [-0.2, 0) is 9.47 Å². The first-order valence-corrected chi connectivity index (χ1v) is 9.13. The van der Waals surface area contributed by atoms with Gasteiger partial charge in [-0.25, -0.2) is 0 Å². The highest BCUT2D eigenvalue weighted by Crippen LogP contribution is 2.30. The lowest BCUT2D eigenvalue weighted by molar-refractivity contribution is -0.0253. The zero-order valence-electron chi connectivity index (χ0n) is 15.8. The van der Waals surface area contributed by atoms with E-state index in [4.69, 9.17) is 9.47 Å². The first-order chi connectivity index (χ1) is 11.0. The standard InChI is InChI=1S/C21H38O2/c1-7-13-21(14-8-2,17-22-15-11-19(5)9-3)18-23-16-12-20(6)10-4/h7H,1,5-6,8-18H2,2-4H3. The second-order valence-electron chi connectivity index (χ2n) is 6.56. The second-order valence-corrected chi connectivity index (χ2v) is 6.56. The third-order valence-corrected chi connectivity index (χ3v) is 4.37. The molecule has 134 valence electrons. The molecule has 0 atom stereocenters. The van der Waals surface area contributed by atoms with E-state index in [2.05, 4.69) is 40.5 Å². The van der Waals surface area contributed by atoms with Gasteiger partial charge in [-0.2, -0.15) is 0 Å². The molecule has 0 spiro atoms. The number of hydrogen-bond donors (Lipinski definition) is 0. The van der Waals surface area contributed by atoms with Crippen LogP contribution >= 0.6 is 0 Å². The Hall–Kier alpha value is -0.860. The Balaban J connectivity index is 4.40. The Morgan fingerprint density at radius 1 is 0.913 bits per heavy atom. The van der Waals surface area contributed by atoms with Crippen LogP contribution in [0.1, 0.15) is 65.7 Å². The van der Waals surface area contributed by atoms with Gasteiger partial charge < -0.3 is 9.47 Å². The summed E-state index contributed by atoms with van der Waals surface area (Å²) >= 11 is 0. The van der Waals surface area contributed by atoms with Crippen molar-refractivity contribution < 1.29 is 9.47 Å². The molecule has 0 saturated heterocycles. The van der Waals surface area contributed by atoms with E-state index in [1.54, 1.807) is 0 Å². The summed E-state index contributed by atoms with van der Waals surface area (Å²) < 4.78 is 11.9. The number of allylic oxidation sites excluding steroid dienone is 1. The maximum absolute atomic E-state index is 5.97. The Labute approximate surface area is 144 Å². The molecule has 0 amide bonds. The van der Waals surface area contributed by atoms with Gasteiger partial charge in [0.1, 0.15) is 0 Å². The second kappa shape index (κ2) is 13.6. The van der Waals surface area contributed by atoms with Crippen LogP contribution in [0.5, 0.6) is 0 Å². The van der Waals surface area contributed by atoms with E-state index in [1.807, 2.05) is 6.08 Å². The summed E-state index contributed by atoms with van der Waals surface area (Å²) in [6.07, 6.45) is 9.12. The molecule has 0 aromatic carbocycles. The fraction of sp³-hybridized carbons (Fsp3) is 0.714. The average Bonchev–Trinajstić information content (AvgIpc) is 2.55. The molecule has 0 aromatic rings. The Morgan fingerprint density at radius 2 is 1.39 bits per heavy atom. The van der Waals surface area contributed by atoms with E-state index in [9.17, 15) is 0 Å². The van der Waals surface area contributed by atoms with Crippen LogP contribution in [0.25, 0.3) is 0 Å². The van der Waals surface area contributed by atoms with E-state index in [0.29, 0.717) is 0 Å². The van der Waals surface area contributed by atoms with Crippen LogP contribution in [0, 0.1) is 5.41 Å². The minimum absolute atomic E-state index is 0.0532. The van der Waals surface area contributed by atoms with Crippen molar-refractivity contribution >= 4 is 0 Å². The first kappa shape index (κ1) is 22.1. The maximum atomic E-state index is 5.97. The molecule has 0 bridgehead atoms. The van der Waals surface area contributed by atoms with Gasteiger partial charge in [0.25, 0.3) is 0 Å². The van der Waals surface area contributed by atoms with E-state index in [1.165, 1.54) is 11.1 Å². The molecule has 23 heavy (non-hydrogen) atoms. The van der Waals surface area contributed by atoms with Gasteiger partial charge in [-0.1, -0.05) is 57.6 Å². The molecule has 0 aromatic heterocycles. The molecular formula is C21H38O2. The van der Waals surface area contributed by atoms with E-state index < -0.39 is 0 Å². The highest BCUT2D eigenvalue weighted by atomic mass is 16.5. The SMILES string of the molecule is C=CCC(CCC)(COCCC(=C)CC)COCCC(=C)CC. The summed E-state index contributed by atoms with van der Waals surface area (Å²) in [4.78, 5) is 0. The minimum atomic E-state index is 0.0532. The zero-order chi connectivity index (χ0) is 17.6. The van der Waals surface area contributed by atoms with Gasteiger partial charge in [0.2, 0.25) is 0 Å². The molecule has 0 unspecified atom stereocenters. The molecule has 0 rings (SSSR count). The minimum Gasteiger partial charge on any atom is -0.380 e. The molecule has 2 heteroatoms. The number of rotatable bonds is 16. The average molecular weight is 323 g/mol. The van der Waals surface area contributed by atoms with Crippen LogP contribution in [0.3, 0.4) is 0 Å². The van der Waals surface area contributed by atoms with Gasteiger partial charge in [0.15, 0.2) is 0 Å². The molecule has 0 aliphatic heterocycles. The topological polar surface area (TPSA) is 18.5 Å². The Morgan fingerprint density at radius 3 is 1.74 bits per heavy atom. The molecule has 0 aliphatic rings. The lowest BCUT2D eigenvalue weighted by atomic mass is 9.81. The molecular weight excluding hydrogens is 284 g/mol. The van der Waals surface area contributed by atoms with Crippen molar-refractivity contribution in [2.24, 2.45) is 5.41 Å². The van der Waals surface area contributed by atoms with Crippen LogP contribution in [-0.4, -0.2) is 26.4 Å². The Kier molecular flexibility index (Phi) is 13.1. The quantitative estimate of drug-likeness (QED) is 0.253. The first-order valence-electron chi connectivity index (χ1n) is 9.13. The summed E-state index contributed by atoms with van der Waals surface area (Å²) in [5.74, 6) is 0. The third-order valence-electron chi connectivity index (χ3n) is 4.37. The summed E-state index contributed by atoms with van der Waals surface area (Å²) in [5.41, 5.74) is 2.56. The number of hydrogen-bond acceptors (Lipinski definition) is 2. The van der Waals surface area contributed by atoms with Gasteiger partial charge in [-0.05, 0) is 38.5 Å². The van der Waals surface area contributed by atoms with Crippen molar-refractivity contribution in [1.29, 1.82) is 0 Å². The molecule has 0 fully saturated rings. The van der Waals surface area contributed by atoms with Gasteiger partial charge in [-0.3, -0.25) is 0 Å².